The lowest BCUT2D eigenvalue weighted by atomic mass is 9.79. The van der Waals surface area contributed by atoms with Crippen LogP contribution >= 0.6 is 0 Å². The van der Waals surface area contributed by atoms with E-state index in [9.17, 15) is 4.39 Å². The van der Waals surface area contributed by atoms with Gasteiger partial charge in [-0.25, -0.2) is 4.39 Å². The van der Waals surface area contributed by atoms with Crippen LogP contribution < -0.4 is 9.47 Å². The SMILES string of the molecule is COc1ccc(CN2C(c3cc4c(F)cccc4o3)=NOC23CN2CCC3CC2)c(OC)c1. The van der Waals surface area contributed by atoms with Crippen LogP contribution in [0, 0.1) is 11.7 Å². The summed E-state index contributed by atoms with van der Waals surface area (Å²) < 4.78 is 31.5. The summed E-state index contributed by atoms with van der Waals surface area (Å²) >= 11 is 0. The molecule has 8 heteroatoms. The van der Waals surface area contributed by atoms with E-state index in [1.165, 1.54) is 6.07 Å². The van der Waals surface area contributed by atoms with Crippen molar-refractivity contribution in [1.29, 1.82) is 0 Å². The Morgan fingerprint density at radius 1 is 1.12 bits per heavy atom. The van der Waals surface area contributed by atoms with Crippen molar-refractivity contribution in [3.05, 3.63) is 59.6 Å². The molecule has 0 radical (unpaired) electrons. The lowest BCUT2D eigenvalue weighted by molar-refractivity contribution is -0.198. The maximum absolute atomic E-state index is 14.4. The van der Waals surface area contributed by atoms with Crippen molar-refractivity contribution in [3.8, 4) is 11.5 Å². The van der Waals surface area contributed by atoms with Crippen molar-refractivity contribution in [3.63, 3.8) is 0 Å². The van der Waals surface area contributed by atoms with Gasteiger partial charge in [0, 0.05) is 17.5 Å². The standard InChI is InChI=1S/C25H26FN3O4/c1-30-18-7-6-16(22(12-18)31-2)14-29-24(23-13-19-20(26)4-3-5-21(19)32-23)27-33-25(29)15-28-10-8-17(25)9-11-28/h3-7,12-13,17H,8-11,14-15H2,1-2H3. The summed E-state index contributed by atoms with van der Waals surface area (Å²) in [5, 5.41) is 4.96. The number of fused-ring (bicyclic) bond motifs is 3. The van der Waals surface area contributed by atoms with E-state index in [1.54, 1.807) is 32.4 Å². The van der Waals surface area contributed by atoms with Gasteiger partial charge in [-0.2, -0.15) is 0 Å². The molecule has 7 rings (SSSR count). The van der Waals surface area contributed by atoms with E-state index in [2.05, 4.69) is 15.0 Å². The molecule has 33 heavy (non-hydrogen) atoms. The zero-order chi connectivity index (χ0) is 22.6. The van der Waals surface area contributed by atoms with Crippen molar-refractivity contribution in [2.45, 2.75) is 25.1 Å². The number of piperidine rings is 3. The Bertz CT molecular complexity index is 1230. The second kappa shape index (κ2) is 7.66. The second-order valence-corrected chi connectivity index (χ2v) is 8.93. The van der Waals surface area contributed by atoms with Crippen molar-refractivity contribution in [2.75, 3.05) is 33.9 Å². The first-order valence-corrected chi connectivity index (χ1v) is 11.3. The monoisotopic (exact) mass is 451 g/mol. The summed E-state index contributed by atoms with van der Waals surface area (Å²) in [5.41, 5.74) is 0.882. The Morgan fingerprint density at radius 3 is 2.67 bits per heavy atom. The predicted octanol–water partition coefficient (Wildman–Crippen LogP) is 4.21. The molecular formula is C25H26FN3O4. The molecular weight excluding hydrogens is 425 g/mol. The largest absolute Gasteiger partial charge is 0.497 e. The minimum atomic E-state index is -0.589. The molecule has 3 aromatic rings. The average Bonchev–Trinajstić information content (AvgIpc) is 3.43. The van der Waals surface area contributed by atoms with Gasteiger partial charge >= 0.3 is 0 Å². The van der Waals surface area contributed by atoms with E-state index in [1.807, 2.05) is 18.2 Å². The number of nitrogens with zero attached hydrogens (tertiary/aromatic N) is 3. The quantitative estimate of drug-likeness (QED) is 0.579. The Labute approximate surface area is 191 Å². The third kappa shape index (κ3) is 3.15. The Hall–Kier alpha value is -3.26. The molecule has 2 aromatic carbocycles. The summed E-state index contributed by atoms with van der Waals surface area (Å²) in [4.78, 5) is 10.9. The molecule has 0 N–H and O–H groups in total. The van der Waals surface area contributed by atoms with E-state index >= 15 is 0 Å². The van der Waals surface area contributed by atoms with Gasteiger partial charge in [-0.1, -0.05) is 11.2 Å². The average molecular weight is 451 g/mol. The number of amidine groups is 1. The molecule has 2 bridgehead atoms. The van der Waals surface area contributed by atoms with Crippen LogP contribution in [-0.4, -0.2) is 55.2 Å². The first-order chi connectivity index (χ1) is 16.1. The van der Waals surface area contributed by atoms with Crippen LogP contribution in [-0.2, 0) is 11.4 Å². The van der Waals surface area contributed by atoms with Crippen LogP contribution in [0.4, 0.5) is 4.39 Å². The molecule has 1 atom stereocenters. The first kappa shape index (κ1) is 20.4. The Kier molecular flexibility index (Phi) is 4.72. The van der Waals surface area contributed by atoms with E-state index < -0.39 is 5.72 Å². The molecule has 1 unspecified atom stereocenters. The smallest absolute Gasteiger partial charge is 0.227 e. The van der Waals surface area contributed by atoms with Gasteiger partial charge in [0.2, 0.25) is 11.6 Å². The van der Waals surface area contributed by atoms with Gasteiger partial charge in [0.05, 0.1) is 32.7 Å². The molecule has 0 aliphatic carbocycles. The lowest BCUT2D eigenvalue weighted by Crippen LogP contribution is -2.66. The number of hydrogen-bond acceptors (Lipinski definition) is 7. The molecule has 5 heterocycles. The third-order valence-corrected chi connectivity index (χ3v) is 7.23. The van der Waals surface area contributed by atoms with Crippen LogP contribution in [0.25, 0.3) is 11.0 Å². The number of hydrogen-bond donors (Lipinski definition) is 0. The normalized spacial score (nSPS) is 26.0. The Morgan fingerprint density at radius 2 is 1.97 bits per heavy atom. The van der Waals surface area contributed by atoms with Gasteiger partial charge in [0.15, 0.2) is 5.76 Å². The third-order valence-electron chi connectivity index (χ3n) is 7.23. The van der Waals surface area contributed by atoms with Crippen LogP contribution in [0.1, 0.15) is 24.2 Å². The van der Waals surface area contributed by atoms with Crippen molar-refractivity contribution >= 4 is 16.8 Å². The zero-order valence-electron chi connectivity index (χ0n) is 18.7. The molecule has 0 saturated carbocycles. The molecule has 172 valence electrons. The fourth-order valence-electron chi connectivity index (χ4n) is 5.48. The number of benzene rings is 2. The van der Waals surface area contributed by atoms with Gasteiger partial charge in [0.1, 0.15) is 22.9 Å². The Balaban J connectivity index is 1.43. The highest BCUT2D eigenvalue weighted by molar-refractivity contribution is 6.00. The van der Waals surface area contributed by atoms with E-state index in [-0.39, 0.29) is 5.82 Å². The van der Waals surface area contributed by atoms with Crippen LogP contribution in [0.15, 0.2) is 52.0 Å². The molecule has 7 nitrogen and oxygen atoms in total. The maximum Gasteiger partial charge on any atom is 0.227 e. The van der Waals surface area contributed by atoms with Crippen molar-refractivity contribution in [2.24, 2.45) is 11.1 Å². The fourth-order valence-corrected chi connectivity index (χ4v) is 5.48. The number of methoxy groups -OCH3 is 2. The fraction of sp³-hybridized carbons (Fsp3) is 0.400. The van der Waals surface area contributed by atoms with Crippen LogP contribution in [0.2, 0.25) is 0 Å². The molecule has 0 amide bonds. The first-order valence-electron chi connectivity index (χ1n) is 11.3. The van der Waals surface area contributed by atoms with Gasteiger partial charge in [-0.15, -0.1) is 0 Å². The molecule has 3 fully saturated rings. The van der Waals surface area contributed by atoms with Gasteiger partial charge in [-0.3, -0.25) is 4.90 Å². The highest BCUT2D eigenvalue weighted by Gasteiger charge is 2.57. The molecule has 3 saturated heterocycles. The van der Waals surface area contributed by atoms with Gasteiger partial charge < -0.3 is 23.6 Å². The lowest BCUT2D eigenvalue weighted by Gasteiger charge is -2.53. The number of halogens is 1. The summed E-state index contributed by atoms with van der Waals surface area (Å²) in [5.74, 6) is 2.56. The van der Waals surface area contributed by atoms with E-state index in [0.29, 0.717) is 35.0 Å². The number of oxime groups is 1. The van der Waals surface area contributed by atoms with E-state index in [4.69, 9.17) is 18.7 Å². The van der Waals surface area contributed by atoms with Crippen molar-refractivity contribution in [1.82, 2.24) is 9.80 Å². The van der Waals surface area contributed by atoms with Crippen LogP contribution in [0.5, 0.6) is 11.5 Å². The molecule has 1 aromatic heterocycles. The summed E-state index contributed by atoms with van der Waals surface area (Å²) in [7, 11) is 3.29. The summed E-state index contributed by atoms with van der Waals surface area (Å²) in [6.07, 6.45) is 2.10. The second-order valence-electron chi connectivity index (χ2n) is 8.93. The highest BCUT2D eigenvalue weighted by Crippen LogP contribution is 2.46. The molecule has 1 spiro atoms. The summed E-state index contributed by atoms with van der Waals surface area (Å²) in [6, 6.07) is 12.4. The highest BCUT2D eigenvalue weighted by atomic mass is 19.1. The number of ether oxygens (including phenoxy) is 2. The minimum Gasteiger partial charge on any atom is -0.497 e. The van der Waals surface area contributed by atoms with Gasteiger partial charge in [-0.05, 0) is 56.3 Å². The number of furan rings is 1. The number of rotatable bonds is 5. The minimum absolute atomic E-state index is 0.317. The van der Waals surface area contributed by atoms with Crippen molar-refractivity contribution < 1.29 is 23.1 Å². The summed E-state index contributed by atoms with van der Waals surface area (Å²) in [6.45, 7) is 3.41. The predicted molar refractivity (Wildman–Crippen MR) is 121 cm³/mol. The van der Waals surface area contributed by atoms with E-state index in [0.717, 1.165) is 49.5 Å². The zero-order valence-corrected chi connectivity index (χ0v) is 18.7. The van der Waals surface area contributed by atoms with Gasteiger partial charge in [0.25, 0.3) is 0 Å². The molecule has 4 aliphatic heterocycles. The molecule has 4 aliphatic rings. The maximum atomic E-state index is 14.4. The van der Waals surface area contributed by atoms with Crippen LogP contribution in [0.3, 0.4) is 0 Å². The topological polar surface area (TPSA) is 59.7 Å².